The molecule has 1 fully saturated rings. The van der Waals surface area contributed by atoms with E-state index < -0.39 is 11.6 Å². The molecule has 1 saturated carbocycles. The van der Waals surface area contributed by atoms with Crippen LogP contribution in [0.5, 0.6) is 0 Å². The first-order chi connectivity index (χ1) is 17.3. The summed E-state index contributed by atoms with van der Waals surface area (Å²) in [7, 11) is 0. The fraction of sp³-hybridized carbons (Fsp3) is 0.464. The fourth-order valence-electron chi connectivity index (χ4n) is 6.69. The summed E-state index contributed by atoms with van der Waals surface area (Å²) in [5.41, 5.74) is 10.0. The van der Waals surface area contributed by atoms with E-state index in [0.717, 1.165) is 34.9 Å². The van der Waals surface area contributed by atoms with Crippen molar-refractivity contribution in [1.29, 1.82) is 0 Å². The summed E-state index contributed by atoms with van der Waals surface area (Å²) in [6.07, 6.45) is 5.64. The van der Waals surface area contributed by atoms with Crippen molar-refractivity contribution in [2.24, 2.45) is 11.7 Å². The van der Waals surface area contributed by atoms with Crippen LogP contribution in [0, 0.1) is 18.7 Å². The number of esters is 1. The molecule has 0 unspecified atom stereocenters. The van der Waals surface area contributed by atoms with Crippen LogP contribution in [0.25, 0.3) is 22.3 Å². The smallest absolute Gasteiger partial charge is 0.343 e. The van der Waals surface area contributed by atoms with Crippen LogP contribution in [-0.4, -0.2) is 20.6 Å². The van der Waals surface area contributed by atoms with E-state index in [1.165, 1.54) is 12.5 Å². The molecule has 3 aromatic rings. The lowest BCUT2D eigenvalue weighted by Gasteiger charge is -2.35. The average Bonchev–Trinajstić information content (AvgIpc) is 3.19. The molecule has 4 heterocycles. The molecule has 7 nitrogen and oxygen atoms in total. The van der Waals surface area contributed by atoms with Gasteiger partial charge in [0, 0.05) is 28.6 Å². The molecule has 1 aromatic carbocycles. The molecular formula is C28H28FN3O4. The lowest BCUT2D eigenvalue weighted by molar-refractivity contribution is -0.173. The molecule has 0 bridgehead atoms. The number of carbonyl (C=O) groups excluding carboxylic acids is 1. The van der Waals surface area contributed by atoms with Gasteiger partial charge in [-0.3, -0.25) is 4.79 Å². The van der Waals surface area contributed by atoms with Crippen LogP contribution in [0.4, 0.5) is 4.39 Å². The summed E-state index contributed by atoms with van der Waals surface area (Å²) in [6, 6.07) is 2.93. The van der Waals surface area contributed by atoms with Crippen LogP contribution >= 0.6 is 0 Å². The van der Waals surface area contributed by atoms with E-state index in [2.05, 4.69) is 0 Å². The van der Waals surface area contributed by atoms with Crippen LogP contribution < -0.4 is 11.3 Å². The number of hydrogen-bond acceptors (Lipinski definition) is 6. The number of cyclic esters (lactones) is 1. The van der Waals surface area contributed by atoms with Crippen molar-refractivity contribution in [3.63, 3.8) is 0 Å². The average molecular weight is 490 g/mol. The maximum Gasteiger partial charge on any atom is 0.343 e. The van der Waals surface area contributed by atoms with Gasteiger partial charge < -0.3 is 20.1 Å². The summed E-state index contributed by atoms with van der Waals surface area (Å²) in [6.45, 7) is 1.92. The predicted molar refractivity (Wildman–Crippen MR) is 131 cm³/mol. The molecule has 36 heavy (non-hydrogen) atoms. The van der Waals surface area contributed by atoms with Crippen molar-refractivity contribution < 1.29 is 19.0 Å². The molecule has 7 rings (SSSR count). The third kappa shape index (κ3) is 2.82. The fourth-order valence-corrected chi connectivity index (χ4v) is 6.69. The quantitative estimate of drug-likeness (QED) is 0.426. The molecule has 8 heteroatoms. The van der Waals surface area contributed by atoms with Crippen LogP contribution in [0.1, 0.15) is 77.9 Å². The number of aliphatic hydroxyl groups is 1. The lowest BCUT2D eigenvalue weighted by atomic mass is 9.76. The van der Waals surface area contributed by atoms with Crippen LogP contribution in [-0.2, 0) is 34.7 Å². The topological polar surface area (TPSA) is 107 Å². The highest BCUT2D eigenvalue weighted by atomic mass is 19.1. The van der Waals surface area contributed by atoms with Gasteiger partial charge in [0.05, 0.1) is 29.0 Å². The Hall–Kier alpha value is -3.10. The van der Waals surface area contributed by atoms with Crippen molar-refractivity contribution in [2.75, 3.05) is 0 Å². The van der Waals surface area contributed by atoms with Crippen molar-refractivity contribution in [1.82, 2.24) is 9.55 Å². The number of rotatable bonds is 3. The van der Waals surface area contributed by atoms with Gasteiger partial charge in [-0.2, -0.15) is 0 Å². The second-order valence-corrected chi connectivity index (χ2v) is 10.9. The van der Waals surface area contributed by atoms with Gasteiger partial charge in [-0.25, -0.2) is 14.2 Å². The van der Waals surface area contributed by atoms with Crippen molar-refractivity contribution >= 4 is 16.9 Å². The SMILES string of the molecule is Cc1c(F)cc2nc3c(c4c2c1CC[C@@H]4N)Cn1c-3cc2c(c1=O)COC(=O)[C@]2(O)CCC1CCC1. The summed E-state index contributed by atoms with van der Waals surface area (Å²) in [5.74, 6) is -0.526. The van der Waals surface area contributed by atoms with Gasteiger partial charge in [-0.15, -0.1) is 0 Å². The van der Waals surface area contributed by atoms with E-state index in [1.54, 1.807) is 17.6 Å². The number of aromatic nitrogens is 2. The number of fused-ring (bicyclic) bond motifs is 5. The highest BCUT2D eigenvalue weighted by molar-refractivity contribution is 5.93. The molecule has 2 aromatic heterocycles. The summed E-state index contributed by atoms with van der Waals surface area (Å²) < 4.78 is 21.7. The van der Waals surface area contributed by atoms with E-state index in [4.69, 9.17) is 15.5 Å². The Labute approximate surface area is 207 Å². The molecule has 0 radical (unpaired) electrons. The van der Waals surface area contributed by atoms with Gasteiger partial charge in [-0.1, -0.05) is 19.3 Å². The number of carbonyl (C=O) groups is 1. The van der Waals surface area contributed by atoms with E-state index >= 15 is 0 Å². The Kier molecular flexibility index (Phi) is 4.58. The minimum atomic E-state index is -1.86. The van der Waals surface area contributed by atoms with Gasteiger partial charge in [-0.05, 0) is 61.3 Å². The summed E-state index contributed by atoms with van der Waals surface area (Å²) in [4.78, 5) is 31.3. The van der Waals surface area contributed by atoms with Gasteiger partial charge in [0.25, 0.3) is 5.56 Å². The second kappa shape index (κ2) is 7.46. The van der Waals surface area contributed by atoms with E-state index in [9.17, 15) is 19.1 Å². The Morgan fingerprint density at radius 3 is 2.78 bits per heavy atom. The first kappa shape index (κ1) is 22.1. The highest BCUT2D eigenvalue weighted by Crippen LogP contribution is 2.46. The number of halogens is 1. The number of benzene rings is 1. The zero-order valence-electron chi connectivity index (χ0n) is 20.2. The Morgan fingerprint density at radius 2 is 2.03 bits per heavy atom. The van der Waals surface area contributed by atoms with E-state index in [0.29, 0.717) is 65.3 Å². The Morgan fingerprint density at radius 1 is 1.22 bits per heavy atom. The number of pyridine rings is 2. The number of nitrogens with two attached hydrogens (primary N) is 1. The maximum absolute atomic E-state index is 14.8. The minimum absolute atomic E-state index is 0.161. The molecule has 3 N–H and O–H groups in total. The number of hydrogen-bond donors (Lipinski definition) is 2. The van der Waals surface area contributed by atoms with Crippen molar-refractivity contribution in [3.05, 3.63) is 61.7 Å². The maximum atomic E-state index is 14.8. The normalized spacial score (nSPS) is 24.2. The van der Waals surface area contributed by atoms with Gasteiger partial charge >= 0.3 is 5.97 Å². The zero-order valence-corrected chi connectivity index (χ0v) is 20.2. The number of nitrogens with zero attached hydrogens (tertiary/aromatic N) is 2. The van der Waals surface area contributed by atoms with Crippen molar-refractivity contribution in [3.8, 4) is 11.4 Å². The summed E-state index contributed by atoms with van der Waals surface area (Å²) in [5, 5.41) is 12.5. The molecule has 0 saturated heterocycles. The molecule has 186 valence electrons. The monoisotopic (exact) mass is 489 g/mol. The Bertz CT molecular complexity index is 1560. The van der Waals surface area contributed by atoms with Crippen LogP contribution in [0.2, 0.25) is 0 Å². The third-order valence-corrected chi connectivity index (χ3v) is 9.05. The Balaban J connectivity index is 1.45. The molecule has 0 spiro atoms. The van der Waals surface area contributed by atoms with Crippen LogP contribution in [0.3, 0.4) is 0 Å². The highest BCUT2D eigenvalue weighted by Gasteiger charge is 2.47. The lowest BCUT2D eigenvalue weighted by Crippen LogP contribution is -2.45. The number of ether oxygens (including phenoxy) is 1. The van der Waals surface area contributed by atoms with Crippen molar-refractivity contribution in [2.45, 2.75) is 76.7 Å². The predicted octanol–water partition coefficient (Wildman–Crippen LogP) is 3.64. The second-order valence-electron chi connectivity index (χ2n) is 10.9. The number of aryl methyl sites for hydroxylation is 1. The first-order valence-electron chi connectivity index (χ1n) is 12.8. The van der Waals surface area contributed by atoms with E-state index in [1.807, 2.05) is 0 Å². The largest absolute Gasteiger partial charge is 0.458 e. The first-order valence-corrected chi connectivity index (χ1v) is 12.8. The third-order valence-electron chi connectivity index (χ3n) is 9.05. The molecular weight excluding hydrogens is 461 g/mol. The van der Waals surface area contributed by atoms with Gasteiger partial charge in [0.1, 0.15) is 12.4 Å². The summed E-state index contributed by atoms with van der Waals surface area (Å²) >= 11 is 0. The molecule has 4 aliphatic rings. The van der Waals surface area contributed by atoms with Gasteiger partial charge in [0.15, 0.2) is 5.60 Å². The van der Waals surface area contributed by atoms with Crippen LogP contribution in [0.15, 0.2) is 16.9 Å². The molecule has 0 amide bonds. The van der Waals surface area contributed by atoms with Gasteiger partial charge in [0.2, 0.25) is 0 Å². The van der Waals surface area contributed by atoms with E-state index in [-0.39, 0.29) is 30.4 Å². The molecule has 2 atom stereocenters. The molecule has 2 aliphatic carbocycles. The zero-order chi connectivity index (χ0) is 24.9. The minimum Gasteiger partial charge on any atom is -0.458 e. The molecule has 2 aliphatic heterocycles. The standard InChI is InChI=1S/C28H28FN3O4/c1-13-15-5-6-20(30)23-16-11-32-22(25(16)31-21(24(15)23)10-19(13)29)9-18-17(26(32)33)12-36-27(34)28(18,35)8-7-14-3-2-4-14/h9-10,14,20,35H,2-8,11-12,30H2,1H3/t20-,28-/m0/s1.